The number of nitrogens with zero attached hydrogens (tertiary/aromatic N) is 1. The van der Waals surface area contributed by atoms with Crippen LogP contribution in [0.3, 0.4) is 0 Å². The molecule has 5 nitrogen and oxygen atoms in total. The van der Waals surface area contributed by atoms with Crippen molar-refractivity contribution in [2.45, 2.75) is 38.2 Å². The lowest BCUT2D eigenvalue weighted by molar-refractivity contribution is -0.136. The summed E-state index contributed by atoms with van der Waals surface area (Å²) in [6.45, 7) is 1.19. The Morgan fingerprint density at radius 3 is 2.74 bits per heavy atom. The number of carbonyl (C=O) groups excluding carboxylic acids is 1. The van der Waals surface area contributed by atoms with E-state index < -0.39 is 0 Å². The van der Waals surface area contributed by atoms with Crippen molar-refractivity contribution in [3.63, 3.8) is 0 Å². The van der Waals surface area contributed by atoms with Crippen LogP contribution in [0.25, 0.3) is 0 Å². The second kappa shape index (κ2) is 8.77. The molecule has 0 aromatic heterocycles. The first-order valence-corrected chi connectivity index (χ1v) is 8.30. The third kappa shape index (κ3) is 5.13. The summed E-state index contributed by atoms with van der Waals surface area (Å²) in [5, 5.41) is 9.70. The molecule has 1 N–H and O–H groups in total. The highest BCUT2D eigenvalue weighted by Crippen LogP contribution is 2.27. The van der Waals surface area contributed by atoms with Crippen molar-refractivity contribution in [1.82, 2.24) is 4.90 Å². The molecule has 0 aliphatic heterocycles. The maximum Gasteiger partial charge on any atom is 0.225 e. The minimum absolute atomic E-state index is 0.0288. The molecule has 0 radical (unpaired) electrons. The minimum Gasteiger partial charge on any atom is -0.493 e. The number of rotatable bonds is 7. The van der Waals surface area contributed by atoms with Crippen molar-refractivity contribution in [2.24, 2.45) is 5.92 Å². The molecule has 23 heavy (non-hydrogen) atoms. The molecule has 1 fully saturated rings. The largest absolute Gasteiger partial charge is 0.493 e. The number of para-hydroxylation sites is 2. The summed E-state index contributed by atoms with van der Waals surface area (Å²) in [5.41, 5.74) is 0. The molecule has 0 heterocycles. The second-order valence-corrected chi connectivity index (χ2v) is 6.13. The van der Waals surface area contributed by atoms with Crippen molar-refractivity contribution in [1.29, 1.82) is 0 Å². The second-order valence-electron chi connectivity index (χ2n) is 6.13. The van der Waals surface area contributed by atoms with Gasteiger partial charge in [0.15, 0.2) is 11.5 Å². The van der Waals surface area contributed by atoms with E-state index in [1.54, 1.807) is 12.0 Å². The first-order chi connectivity index (χ1) is 11.1. The first-order valence-electron chi connectivity index (χ1n) is 8.30. The van der Waals surface area contributed by atoms with Crippen LogP contribution in [0.1, 0.15) is 32.1 Å². The van der Waals surface area contributed by atoms with Crippen LogP contribution in [0, 0.1) is 5.92 Å². The Morgan fingerprint density at radius 1 is 1.30 bits per heavy atom. The predicted molar refractivity (Wildman–Crippen MR) is 88.7 cm³/mol. The van der Waals surface area contributed by atoms with Gasteiger partial charge in [0.05, 0.1) is 19.8 Å². The van der Waals surface area contributed by atoms with Crippen LogP contribution in [0.4, 0.5) is 0 Å². The van der Waals surface area contributed by atoms with Crippen molar-refractivity contribution < 1.29 is 19.4 Å². The first kappa shape index (κ1) is 17.6. The Balaban J connectivity index is 1.72. The van der Waals surface area contributed by atoms with Crippen molar-refractivity contribution >= 4 is 5.91 Å². The van der Waals surface area contributed by atoms with Gasteiger partial charge in [-0.2, -0.15) is 0 Å². The Hall–Kier alpha value is -1.75. The Bertz CT molecular complexity index is 506. The average molecular weight is 321 g/mol. The van der Waals surface area contributed by atoms with Crippen LogP contribution < -0.4 is 9.47 Å². The van der Waals surface area contributed by atoms with Crippen molar-refractivity contribution in [3.05, 3.63) is 24.3 Å². The fourth-order valence-corrected chi connectivity index (χ4v) is 3.03. The van der Waals surface area contributed by atoms with E-state index in [2.05, 4.69) is 0 Å². The quantitative estimate of drug-likeness (QED) is 0.784. The number of hydrogen-bond donors (Lipinski definition) is 1. The van der Waals surface area contributed by atoms with E-state index in [1.165, 1.54) is 0 Å². The summed E-state index contributed by atoms with van der Waals surface area (Å²) in [7, 11) is 3.44. The average Bonchev–Trinajstić information content (AvgIpc) is 2.58. The smallest absolute Gasteiger partial charge is 0.225 e. The molecule has 2 atom stereocenters. The van der Waals surface area contributed by atoms with Gasteiger partial charge in [0, 0.05) is 19.5 Å². The standard InChI is InChI=1S/C18H27NO4/c1-19(18(21)14-7-5-8-15(20)13-14)11-6-12-23-17-10-4-3-9-16(17)22-2/h3-4,9-10,14-15,20H,5-8,11-13H2,1-2H3/t14-,15-/m0/s1. The molecule has 0 saturated heterocycles. The van der Waals surface area contributed by atoms with Crippen molar-refractivity contribution in [2.75, 3.05) is 27.3 Å². The van der Waals surface area contributed by atoms with E-state index >= 15 is 0 Å². The van der Waals surface area contributed by atoms with Gasteiger partial charge in [-0.1, -0.05) is 18.6 Å². The van der Waals surface area contributed by atoms with Gasteiger partial charge in [-0.25, -0.2) is 0 Å². The van der Waals surface area contributed by atoms with Gasteiger partial charge in [0.25, 0.3) is 0 Å². The van der Waals surface area contributed by atoms with Gasteiger partial charge < -0.3 is 19.5 Å². The van der Waals surface area contributed by atoms with E-state index in [-0.39, 0.29) is 17.9 Å². The number of amides is 1. The number of hydrogen-bond acceptors (Lipinski definition) is 4. The van der Waals surface area contributed by atoms with E-state index in [0.29, 0.717) is 25.3 Å². The topological polar surface area (TPSA) is 59.0 Å². The number of aliphatic hydroxyl groups is 1. The molecule has 2 rings (SSSR count). The molecule has 1 aliphatic rings. The molecule has 5 heteroatoms. The van der Waals surface area contributed by atoms with Crippen LogP contribution in [-0.4, -0.2) is 49.3 Å². The van der Waals surface area contributed by atoms with Gasteiger partial charge in [-0.3, -0.25) is 4.79 Å². The fraction of sp³-hybridized carbons (Fsp3) is 0.611. The minimum atomic E-state index is -0.319. The van der Waals surface area contributed by atoms with E-state index in [9.17, 15) is 9.90 Å². The molecule has 1 aromatic rings. The third-order valence-corrected chi connectivity index (χ3v) is 4.34. The fourth-order valence-electron chi connectivity index (χ4n) is 3.03. The Labute approximate surface area is 138 Å². The van der Waals surface area contributed by atoms with Crippen LogP contribution in [0.2, 0.25) is 0 Å². The van der Waals surface area contributed by atoms with Crippen LogP contribution in [0.15, 0.2) is 24.3 Å². The lowest BCUT2D eigenvalue weighted by Gasteiger charge is -2.28. The molecule has 128 valence electrons. The zero-order valence-electron chi connectivity index (χ0n) is 14.0. The lowest BCUT2D eigenvalue weighted by Crippen LogP contribution is -2.37. The lowest BCUT2D eigenvalue weighted by atomic mass is 9.86. The summed E-state index contributed by atoms with van der Waals surface area (Å²) in [6.07, 6.45) is 3.68. The predicted octanol–water partition coefficient (Wildman–Crippen LogP) is 2.47. The van der Waals surface area contributed by atoms with Crippen LogP contribution >= 0.6 is 0 Å². The summed E-state index contributed by atoms with van der Waals surface area (Å²) in [6, 6.07) is 7.54. The highest BCUT2D eigenvalue weighted by Gasteiger charge is 2.27. The maximum atomic E-state index is 12.4. The normalized spacial score (nSPS) is 20.8. The van der Waals surface area contributed by atoms with E-state index in [0.717, 1.165) is 31.4 Å². The number of methoxy groups -OCH3 is 1. The molecule has 1 aliphatic carbocycles. The summed E-state index contributed by atoms with van der Waals surface area (Å²) >= 11 is 0. The third-order valence-electron chi connectivity index (χ3n) is 4.34. The zero-order chi connectivity index (χ0) is 16.7. The van der Waals surface area contributed by atoms with Gasteiger partial charge in [0.1, 0.15) is 0 Å². The van der Waals surface area contributed by atoms with Gasteiger partial charge in [-0.15, -0.1) is 0 Å². The number of ether oxygens (including phenoxy) is 2. The molecule has 1 amide bonds. The van der Waals surface area contributed by atoms with E-state index in [4.69, 9.17) is 9.47 Å². The zero-order valence-corrected chi connectivity index (χ0v) is 14.0. The summed E-state index contributed by atoms with van der Waals surface area (Å²) in [4.78, 5) is 14.1. The SMILES string of the molecule is COc1ccccc1OCCCN(C)C(=O)[C@H]1CCC[C@H](O)C1. The van der Waals surface area contributed by atoms with Gasteiger partial charge in [-0.05, 0) is 37.8 Å². The number of carbonyl (C=O) groups is 1. The van der Waals surface area contributed by atoms with E-state index in [1.807, 2.05) is 31.3 Å². The monoisotopic (exact) mass is 321 g/mol. The van der Waals surface area contributed by atoms with Crippen molar-refractivity contribution in [3.8, 4) is 11.5 Å². The highest BCUT2D eigenvalue weighted by molar-refractivity contribution is 5.78. The highest BCUT2D eigenvalue weighted by atomic mass is 16.5. The Kier molecular flexibility index (Phi) is 6.71. The molecular formula is C18H27NO4. The summed E-state index contributed by atoms with van der Waals surface area (Å²) < 4.78 is 11.0. The molecule has 1 saturated carbocycles. The molecule has 0 spiro atoms. The molecule has 0 unspecified atom stereocenters. The molecule has 0 bridgehead atoms. The Morgan fingerprint density at radius 2 is 2.04 bits per heavy atom. The number of benzene rings is 1. The van der Waals surface area contributed by atoms with Gasteiger partial charge >= 0.3 is 0 Å². The van der Waals surface area contributed by atoms with Gasteiger partial charge in [0.2, 0.25) is 5.91 Å². The molecular weight excluding hydrogens is 294 g/mol. The van der Waals surface area contributed by atoms with Crippen LogP contribution in [0.5, 0.6) is 11.5 Å². The summed E-state index contributed by atoms with van der Waals surface area (Å²) in [5.74, 6) is 1.55. The maximum absolute atomic E-state index is 12.4. The number of aliphatic hydroxyl groups excluding tert-OH is 1. The molecule has 1 aromatic carbocycles. The van der Waals surface area contributed by atoms with Crippen LogP contribution in [-0.2, 0) is 4.79 Å².